The molecule has 0 spiro atoms. The summed E-state index contributed by atoms with van der Waals surface area (Å²) in [6, 6.07) is 5.09. The van der Waals surface area contributed by atoms with Crippen molar-refractivity contribution in [1.29, 1.82) is 0 Å². The lowest BCUT2D eigenvalue weighted by molar-refractivity contribution is 0.0501. The molecule has 3 aliphatic rings. The minimum absolute atomic E-state index is 0.800. The van der Waals surface area contributed by atoms with Crippen molar-refractivity contribution in [2.75, 3.05) is 39.3 Å². The average Bonchev–Trinajstić information content (AvgIpc) is 0.791. The Morgan fingerprint density at radius 2 is 0.526 bits per heavy atom. The van der Waals surface area contributed by atoms with Crippen molar-refractivity contribution in [3.8, 4) is 0 Å². The van der Waals surface area contributed by atoms with Gasteiger partial charge in [-0.15, -0.1) is 0 Å². The van der Waals surface area contributed by atoms with Gasteiger partial charge >= 0.3 is 0 Å². The van der Waals surface area contributed by atoms with Crippen molar-refractivity contribution in [2.24, 2.45) is 93.6 Å². The smallest absolute Gasteiger partial charge is 0.00773 e. The third-order valence-corrected chi connectivity index (χ3v) is 28.1. The highest BCUT2D eigenvalue weighted by Gasteiger charge is 2.43. The van der Waals surface area contributed by atoms with Crippen LogP contribution in [0.4, 0.5) is 0 Å². The van der Waals surface area contributed by atoms with Gasteiger partial charge in [-0.1, -0.05) is 411 Å². The molecular weight excluding hydrogens is 1380 g/mol. The van der Waals surface area contributed by atoms with Crippen LogP contribution in [-0.4, -0.2) is 39.3 Å². The van der Waals surface area contributed by atoms with Gasteiger partial charge in [0.15, 0.2) is 0 Å². The summed E-state index contributed by atoms with van der Waals surface area (Å²) in [7, 11) is 0. The number of unbranched alkanes of at least 4 members (excludes halogenated alkanes) is 48. The Morgan fingerprint density at radius 3 is 0.930 bits per heavy atom. The Bertz CT molecular complexity index is 2220. The maximum atomic E-state index is 5.71. The van der Waals surface area contributed by atoms with E-state index in [0.29, 0.717) is 0 Å². The lowest BCUT2D eigenvalue weighted by Crippen LogP contribution is -2.39. The molecule has 670 valence electrons. The highest BCUT2D eigenvalue weighted by atomic mass is 14.5. The van der Waals surface area contributed by atoms with Crippen LogP contribution in [0.5, 0.6) is 0 Å². The van der Waals surface area contributed by atoms with Crippen molar-refractivity contribution < 1.29 is 0 Å². The van der Waals surface area contributed by atoms with Crippen LogP contribution >= 0.6 is 0 Å². The van der Waals surface area contributed by atoms with E-state index in [0.717, 1.165) is 98.4 Å². The van der Waals surface area contributed by atoms with Crippen molar-refractivity contribution in [3.05, 3.63) is 70.8 Å². The fourth-order valence-corrected chi connectivity index (χ4v) is 20.9. The maximum absolute atomic E-state index is 5.71. The van der Waals surface area contributed by atoms with E-state index in [4.69, 9.17) is 34.4 Å². The van der Waals surface area contributed by atoms with E-state index in [2.05, 4.69) is 90.1 Å². The number of benzene rings is 1. The quantitative estimate of drug-likeness (QED) is 0.0282. The topological polar surface area (TPSA) is 156 Å². The van der Waals surface area contributed by atoms with Gasteiger partial charge in [-0.05, 0) is 275 Å². The number of rotatable bonds is 79. The number of fused-ring (bicyclic) bond motifs is 1. The minimum Gasteiger partial charge on any atom is -0.330 e. The van der Waals surface area contributed by atoms with Crippen LogP contribution in [0.3, 0.4) is 0 Å². The zero-order chi connectivity index (χ0) is 82.3. The molecule has 6 nitrogen and oxygen atoms in total. The van der Waals surface area contributed by atoms with E-state index in [9.17, 15) is 0 Å². The normalized spacial score (nSPS) is 20.0. The molecule has 114 heavy (non-hydrogen) atoms. The Balaban J connectivity index is 0.000000580. The van der Waals surface area contributed by atoms with E-state index in [-0.39, 0.29) is 0 Å². The summed E-state index contributed by atoms with van der Waals surface area (Å²) in [5.41, 5.74) is 41.1. The van der Waals surface area contributed by atoms with E-state index >= 15 is 0 Å². The average molecular weight is 1590 g/mol. The predicted octanol–water partition coefficient (Wildman–Crippen LogP) is 31.9. The number of hydrogen-bond donors (Lipinski definition) is 6. The van der Waals surface area contributed by atoms with E-state index < -0.39 is 0 Å². The zero-order valence-corrected chi connectivity index (χ0v) is 78.4. The molecule has 0 aliphatic heterocycles. The summed E-state index contributed by atoms with van der Waals surface area (Å²) in [5.74, 6) is 9.02. The molecule has 0 saturated heterocycles. The summed E-state index contributed by atoms with van der Waals surface area (Å²) in [6.45, 7) is 19.2. The summed E-state index contributed by atoms with van der Waals surface area (Å²) < 4.78 is 0. The van der Waals surface area contributed by atoms with Crippen molar-refractivity contribution in [1.82, 2.24) is 0 Å². The van der Waals surface area contributed by atoms with Gasteiger partial charge in [-0.3, -0.25) is 0 Å². The first kappa shape index (κ1) is 108. The summed E-state index contributed by atoms with van der Waals surface area (Å²) >= 11 is 0. The summed E-state index contributed by atoms with van der Waals surface area (Å²) in [6.07, 6.45) is 118. The van der Waals surface area contributed by atoms with Gasteiger partial charge in [-0.25, -0.2) is 0 Å². The van der Waals surface area contributed by atoms with Crippen LogP contribution in [-0.2, 0) is 25.7 Å². The van der Waals surface area contributed by atoms with Gasteiger partial charge in [0.05, 0.1) is 0 Å². The first-order valence-corrected chi connectivity index (χ1v) is 52.6. The summed E-state index contributed by atoms with van der Waals surface area (Å²) in [4.78, 5) is 0. The molecule has 1 fully saturated rings. The van der Waals surface area contributed by atoms with Gasteiger partial charge in [0, 0.05) is 0 Å². The molecule has 1 saturated carbocycles. The van der Waals surface area contributed by atoms with Crippen LogP contribution in [0.15, 0.2) is 48.6 Å². The van der Waals surface area contributed by atoms with Crippen LogP contribution in [0, 0.1) is 59.2 Å². The molecular formula is C108H208N6. The Labute approximate surface area is 716 Å². The second-order valence-corrected chi connectivity index (χ2v) is 37.9. The molecule has 0 heterocycles. The highest BCUT2D eigenvalue weighted by molar-refractivity contribution is 5.42. The Morgan fingerprint density at radius 1 is 0.246 bits per heavy atom. The molecule has 10 atom stereocenters. The molecule has 4 rings (SSSR count). The number of allylic oxidation sites excluding steroid dienone is 6. The Hall–Kier alpha value is -1.80. The van der Waals surface area contributed by atoms with E-state index in [1.54, 1.807) is 28.7 Å². The molecule has 0 bridgehead atoms. The third-order valence-electron chi connectivity index (χ3n) is 28.1. The highest BCUT2D eigenvalue weighted by Crippen LogP contribution is 2.52. The summed E-state index contributed by atoms with van der Waals surface area (Å²) in [5, 5.41) is 0. The molecule has 1 aromatic rings. The van der Waals surface area contributed by atoms with Gasteiger partial charge in [-0.2, -0.15) is 0 Å². The number of aryl methyl sites for hydroxylation is 2. The lowest BCUT2D eigenvalue weighted by Gasteiger charge is -2.48. The monoisotopic (exact) mass is 1590 g/mol. The standard InChI is InChI=1S/2C36H70N2.C36H68N2/c1-3-5-7-16-23-33-30-36-34(29-32(33)21-6-4-2)26-25-31(22-17-12-8-10-14-19-27-37)35(36)24-18-13-9-11-15-20-28-38;2*1-3-5-7-9-15-21-27-35-33(25-19-8-6-4-2)29-30-34(26-20-14-10-12-17-23-31-37)36(35)28-22-16-11-13-18-24-32-38/h25-26,31-36H,3-24,27-30,37-38H2,1-2H3;15,21,29-30,33-36H,3-14,16-20,22-28,31-32,37-38H2,1-2H3;29-30H,3-28,31-32,37-38H2,1-2H3/b;21-15+;. The Kier molecular flexibility index (Phi) is 78.0. The van der Waals surface area contributed by atoms with E-state index in [1.807, 2.05) is 0 Å². The third kappa shape index (κ3) is 56.0. The van der Waals surface area contributed by atoms with Crippen LogP contribution < -0.4 is 34.4 Å². The minimum atomic E-state index is 0.800. The van der Waals surface area contributed by atoms with Crippen molar-refractivity contribution in [2.45, 2.75) is 517 Å². The second kappa shape index (κ2) is 82.2. The van der Waals surface area contributed by atoms with Crippen LogP contribution in [0.1, 0.15) is 513 Å². The van der Waals surface area contributed by atoms with Gasteiger partial charge < -0.3 is 34.4 Å². The second-order valence-electron chi connectivity index (χ2n) is 37.9. The molecule has 1 aromatic carbocycles. The van der Waals surface area contributed by atoms with Crippen molar-refractivity contribution in [3.63, 3.8) is 0 Å². The fraction of sp³-hybridized carbons (Fsp3) is 0.889. The lowest BCUT2D eigenvalue weighted by atomic mass is 9.57. The fourth-order valence-electron chi connectivity index (χ4n) is 20.9. The number of hydrogen-bond acceptors (Lipinski definition) is 6. The van der Waals surface area contributed by atoms with E-state index in [1.165, 1.54) is 469 Å². The van der Waals surface area contributed by atoms with Crippen molar-refractivity contribution >= 4 is 0 Å². The first-order chi connectivity index (χ1) is 56.3. The molecule has 6 heteroatoms. The first-order valence-electron chi connectivity index (χ1n) is 52.6. The molecule has 0 amide bonds. The van der Waals surface area contributed by atoms with Gasteiger partial charge in [0.25, 0.3) is 0 Å². The molecule has 0 aromatic heterocycles. The molecule has 0 radical (unpaired) electrons. The molecule has 3 aliphatic carbocycles. The van der Waals surface area contributed by atoms with Crippen LogP contribution in [0.25, 0.3) is 0 Å². The zero-order valence-electron chi connectivity index (χ0n) is 78.4. The predicted molar refractivity (Wildman–Crippen MR) is 515 cm³/mol. The largest absolute Gasteiger partial charge is 0.330 e. The molecule has 12 N–H and O–H groups in total. The molecule has 10 unspecified atom stereocenters. The van der Waals surface area contributed by atoms with Gasteiger partial charge in [0.1, 0.15) is 0 Å². The van der Waals surface area contributed by atoms with Crippen LogP contribution in [0.2, 0.25) is 0 Å². The SMILES string of the molecule is CCCCC/C=C/CC1C(CCCCCC)C=CC(CCCCCCCCN)C1CCCCCCCCN.CCCCCCC1CC2C(C=CC(CCCCCCCCN)C2CCCCCCCCN)CC1CCCC.CCCCCCCCc1c(CCCCCC)ccc(CCCCCCCCN)c1CCCCCCCCN. The van der Waals surface area contributed by atoms with Gasteiger partial charge in [0.2, 0.25) is 0 Å². The number of nitrogens with two attached hydrogens (primary N) is 6. The maximum Gasteiger partial charge on any atom is -0.00773 e.